The molecule has 4 rings (SSSR count). The minimum atomic E-state index is -4.41. The van der Waals surface area contributed by atoms with Gasteiger partial charge in [0.1, 0.15) is 24.4 Å². The molecule has 0 spiro atoms. The smallest absolute Gasteiger partial charge is 0.383 e. The molecule has 1 atom stereocenters. The Morgan fingerprint density at radius 3 is 2.94 bits per heavy atom. The van der Waals surface area contributed by atoms with Crippen molar-refractivity contribution < 1.29 is 22.7 Å². The fourth-order valence-corrected chi connectivity index (χ4v) is 4.00. The average molecular weight is 484 g/mol. The molecule has 11 heteroatoms. The number of nitrogens with two attached hydrogens (primary N) is 1. The van der Waals surface area contributed by atoms with Gasteiger partial charge in [-0.15, -0.1) is 0 Å². The van der Waals surface area contributed by atoms with Crippen molar-refractivity contribution >= 4 is 22.8 Å². The normalized spacial score (nSPS) is 16.1. The van der Waals surface area contributed by atoms with E-state index in [0.717, 1.165) is 25.0 Å². The fourth-order valence-electron chi connectivity index (χ4n) is 4.00. The Hall–Kier alpha value is -3.91. The van der Waals surface area contributed by atoms with Crippen LogP contribution in [0.2, 0.25) is 0 Å². The lowest BCUT2D eigenvalue weighted by Crippen LogP contribution is -2.40. The summed E-state index contributed by atoms with van der Waals surface area (Å²) in [5.41, 5.74) is 6.63. The van der Waals surface area contributed by atoms with Gasteiger partial charge in [-0.05, 0) is 42.5 Å². The van der Waals surface area contributed by atoms with Gasteiger partial charge >= 0.3 is 6.18 Å². The van der Waals surface area contributed by atoms with Crippen LogP contribution in [0.5, 0.6) is 0 Å². The van der Waals surface area contributed by atoms with E-state index in [1.165, 1.54) is 18.5 Å². The molecule has 1 amide bonds. The van der Waals surface area contributed by atoms with Gasteiger partial charge in [0.15, 0.2) is 5.65 Å². The number of likely N-dealkylation sites (tertiary alicyclic amines) is 1. The van der Waals surface area contributed by atoms with E-state index in [9.17, 15) is 18.0 Å². The summed E-state index contributed by atoms with van der Waals surface area (Å²) < 4.78 is 45.7. The second kappa shape index (κ2) is 10.1. The predicted octanol–water partition coefficient (Wildman–Crippen LogP) is 3.35. The third kappa shape index (κ3) is 5.44. The first-order valence-electron chi connectivity index (χ1n) is 10.9. The summed E-state index contributed by atoms with van der Waals surface area (Å²) in [7, 11) is 0. The monoisotopic (exact) mass is 484 g/mol. The van der Waals surface area contributed by atoms with Crippen molar-refractivity contribution in [1.82, 2.24) is 24.6 Å². The van der Waals surface area contributed by atoms with Crippen LogP contribution in [-0.2, 0) is 22.3 Å². The van der Waals surface area contributed by atoms with Crippen molar-refractivity contribution in [2.75, 3.05) is 25.4 Å². The van der Waals surface area contributed by atoms with Crippen molar-refractivity contribution in [3.05, 3.63) is 60.1 Å². The van der Waals surface area contributed by atoms with E-state index >= 15 is 0 Å². The number of hydrogen-bond acceptors (Lipinski definition) is 6. The number of piperidine rings is 1. The molecule has 2 aromatic heterocycles. The molecule has 0 bridgehead atoms. The quantitative estimate of drug-likeness (QED) is 0.339. The summed E-state index contributed by atoms with van der Waals surface area (Å²) in [5.74, 6) is 5.83. The molecule has 1 aliphatic rings. The van der Waals surface area contributed by atoms with Gasteiger partial charge in [-0.2, -0.15) is 18.3 Å². The van der Waals surface area contributed by atoms with E-state index in [1.807, 2.05) is 0 Å². The number of nitrogens with zero attached hydrogens (tertiary/aromatic N) is 5. The summed E-state index contributed by atoms with van der Waals surface area (Å²) >= 11 is 0. The topological polar surface area (TPSA) is 99.2 Å². The van der Waals surface area contributed by atoms with Gasteiger partial charge in [0.25, 0.3) is 0 Å². The number of fused-ring (bicyclic) bond motifs is 1. The Bertz CT molecular complexity index is 1310. The molecule has 3 aromatic rings. The van der Waals surface area contributed by atoms with Crippen LogP contribution in [0.3, 0.4) is 0 Å². The summed E-state index contributed by atoms with van der Waals surface area (Å²) in [6.45, 7) is 4.61. The summed E-state index contributed by atoms with van der Waals surface area (Å²) in [5, 5.41) is 5.11. The van der Waals surface area contributed by atoms with Crippen molar-refractivity contribution in [2.24, 2.45) is 0 Å². The maximum absolute atomic E-state index is 12.9. The first-order valence-corrected chi connectivity index (χ1v) is 10.9. The summed E-state index contributed by atoms with van der Waals surface area (Å²) in [4.78, 5) is 22.2. The SMILES string of the molecule is C=CC(=O)N1CCC[C@@H](n2nc(C#CCOCc3cccc(C(F)(F)F)c3)c3c(N)ncnc32)C1. The number of amides is 1. The highest BCUT2D eigenvalue weighted by Crippen LogP contribution is 2.30. The van der Waals surface area contributed by atoms with Gasteiger partial charge < -0.3 is 15.4 Å². The van der Waals surface area contributed by atoms with Crippen molar-refractivity contribution in [1.29, 1.82) is 0 Å². The second-order valence-electron chi connectivity index (χ2n) is 8.03. The van der Waals surface area contributed by atoms with Crippen LogP contribution in [0.1, 0.15) is 35.7 Å². The molecule has 0 unspecified atom stereocenters. The predicted molar refractivity (Wildman–Crippen MR) is 123 cm³/mol. The standard InChI is InChI=1S/C24H23F3N6O2/c1-2-20(34)32-10-4-8-18(13-32)33-23-21(22(28)29-15-30-23)19(31-33)9-5-11-35-14-16-6-3-7-17(12-16)24(25,26)27/h2-3,6-7,12,15,18H,1,4,8,10-11,13-14H2,(H2,28,29,30)/t18-/m1/s1. The number of halogens is 3. The summed E-state index contributed by atoms with van der Waals surface area (Å²) in [6.07, 6.45) is -0.169. The Labute approximate surface area is 199 Å². The van der Waals surface area contributed by atoms with Crippen LogP contribution in [0.25, 0.3) is 11.0 Å². The molecule has 35 heavy (non-hydrogen) atoms. The highest BCUT2D eigenvalue weighted by Gasteiger charge is 2.30. The molecule has 3 heterocycles. The molecule has 8 nitrogen and oxygen atoms in total. The zero-order valence-corrected chi connectivity index (χ0v) is 18.8. The molecule has 1 aliphatic heterocycles. The maximum atomic E-state index is 12.9. The number of carbonyl (C=O) groups excluding carboxylic acids is 1. The number of nitrogen functional groups attached to an aromatic ring is 1. The molecule has 1 aromatic carbocycles. The van der Waals surface area contributed by atoms with Crippen LogP contribution in [0.4, 0.5) is 19.0 Å². The van der Waals surface area contributed by atoms with Gasteiger partial charge in [0.05, 0.1) is 23.6 Å². The molecule has 1 saturated heterocycles. The molecular formula is C24H23F3N6O2. The fraction of sp³-hybridized carbons (Fsp3) is 0.333. The lowest BCUT2D eigenvalue weighted by Gasteiger charge is -2.32. The van der Waals surface area contributed by atoms with Gasteiger partial charge in [0.2, 0.25) is 5.91 Å². The number of aromatic nitrogens is 4. The van der Waals surface area contributed by atoms with Crippen LogP contribution in [0, 0.1) is 11.8 Å². The van der Waals surface area contributed by atoms with E-state index in [-0.39, 0.29) is 31.0 Å². The molecule has 0 radical (unpaired) electrons. The highest BCUT2D eigenvalue weighted by atomic mass is 19.4. The summed E-state index contributed by atoms with van der Waals surface area (Å²) in [6, 6.07) is 4.84. The van der Waals surface area contributed by atoms with Gasteiger partial charge in [-0.1, -0.05) is 24.6 Å². The first kappa shape index (κ1) is 24.2. The maximum Gasteiger partial charge on any atom is 0.416 e. The van der Waals surface area contributed by atoms with Gasteiger partial charge in [-0.3, -0.25) is 4.79 Å². The number of anilines is 1. The van der Waals surface area contributed by atoms with Crippen molar-refractivity contribution in [2.45, 2.75) is 31.7 Å². The number of carbonyl (C=O) groups is 1. The van der Waals surface area contributed by atoms with Gasteiger partial charge in [0, 0.05) is 13.1 Å². The lowest BCUT2D eigenvalue weighted by atomic mass is 10.1. The number of rotatable bonds is 5. The van der Waals surface area contributed by atoms with E-state index in [0.29, 0.717) is 35.4 Å². The first-order chi connectivity index (χ1) is 16.8. The molecule has 1 fully saturated rings. The van der Waals surface area contributed by atoms with Crippen LogP contribution >= 0.6 is 0 Å². The number of benzene rings is 1. The minimum Gasteiger partial charge on any atom is -0.383 e. The second-order valence-corrected chi connectivity index (χ2v) is 8.03. The third-order valence-corrected chi connectivity index (χ3v) is 5.65. The molecule has 0 aliphatic carbocycles. The average Bonchev–Trinajstić information content (AvgIpc) is 3.23. The third-order valence-electron chi connectivity index (χ3n) is 5.65. The highest BCUT2D eigenvalue weighted by molar-refractivity contribution is 5.90. The molecule has 0 saturated carbocycles. The number of hydrogen-bond donors (Lipinski definition) is 1. The minimum absolute atomic E-state index is 0.0196. The zero-order valence-electron chi connectivity index (χ0n) is 18.8. The van der Waals surface area contributed by atoms with E-state index < -0.39 is 11.7 Å². The Kier molecular flexibility index (Phi) is 7.02. The van der Waals surface area contributed by atoms with Crippen molar-refractivity contribution in [3.8, 4) is 11.8 Å². The Balaban J connectivity index is 1.50. The van der Waals surface area contributed by atoms with Crippen LogP contribution in [0.15, 0.2) is 43.2 Å². The van der Waals surface area contributed by atoms with E-state index in [4.69, 9.17) is 10.5 Å². The molecule has 182 valence electrons. The Morgan fingerprint density at radius 1 is 1.34 bits per heavy atom. The van der Waals surface area contributed by atoms with Crippen LogP contribution in [-0.4, -0.2) is 50.3 Å². The van der Waals surface area contributed by atoms with E-state index in [2.05, 4.69) is 33.5 Å². The van der Waals surface area contributed by atoms with E-state index in [1.54, 1.807) is 15.6 Å². The number of alkyl halides is 3. The van der Waals surface area contributed by atoms with Gasteiger partial charge in [-0.25, -0.2) is 14.6 Å². The van der Waals surface area contributed by atoms with Crippen LogP contribution < -0.4 is 5.73 Å². The Morgan fingerprint density at radius 2 is 2.17 bits per heavy atom. The zero-order chi connectivity index (χ0) is 25.0. The molecular weight excluding hydrogens is 461 g/mol. The molecule has 2 N–H and O–H groups in total. The lowest BCUT2D eigenvalue weighted by molar-refractivity contribution is -0.137. The van der Waals surface area contributed by atoms with Crippen molar-refractivity contribution in [3.63, 3.8) is 0 Å². The largest absolute Gasteiger partial charge is 0.416 e. The number of ether oxygens (including phenoxy) is 1.